The lowest BCUT2D eigenvalue weighted by Crippen LogP contribution is -2.68. The first-order valence-corrected chi connectivity index (χ1v) is 26.2. The summed E-state index contributed by atoms with van der Waals surface area (Å²) in [5.74, 6) is 1.66. The van der Waals surface area contributed by atoms with Gasteiger partial charge in [-0.3, -0.25) is 24.7 Å². The molecule has 4 fully saturated rings. The number of carbonyl (C=O) groups is 1. The third-order valence-corrected chi connectivity index (χ3v) is 16.3. The number of rotatable bonds is 17. The van der Waals surface area contributed by atoms with Gasteiger partial charge in [0.05, 0.1) is 35.8 Å². The SMILES string of the molecule is COc1ccc(CN2CCN(C3CC4(C3)CN(c3ccc(C(=O)NS(=O)(=O)c5ccc(NCC6CCOCC6)c([N+](=O)[O-])c5)c(Oc5cnc6[nH]ccc6c5)c3)C4)[C@H](c3ccccc3C(C)C)C2)cc1OC. The van der Waals surface area contributed by atoms with E-state index in [1.54, 1.807) is 38.6 Å². The number of carbonyl (C=O) groups excluding carboxylic acids is 1. The number of methoxy groups -OCH3 is 2. The van der Waals surface area contributed by atoms with E-state index in [4.69, 9.17) is 18.9 Å². The Kier molecular flexibility index (Phi) is 13.9. The number of H-pyrrole nitrogens is 1. The topological polar surface area (TPSA) is 194 Å². The molecule has 3 N–H and O–H groups in total. The van der Waals surface area contributed by atoms with E-state index >= 15 is 0 Å². The summed E-state index contributed by atoms with van der Waals surface area (Å²) in [6.45, 7) is 11.5. The summed E-state index contributed by atoms with van der Waals surface area (Å²) in [5, 5.41) is 16.1. The molecule has 4 aromatic carbocycles. The van der Waals surface area contributed by atoms with Crippen LogP contribution >= 0.6 is 0 Å². The van der Waals surface area contributed by atoms with E-state index in [0.29, 0.717) is 43.1 Å². The summed E-state index contributed by atoms with van der Waals surface area (Å²) in [4.78, 5) is 40.3. The fraction of sp³-hybridized carbons (Fsp3) is 0.407. The number of fused-ring (bicyclic) bond motifs is 1. The second-order valence-corrected chi connectivity index (χ2v) is 21.7. The van der Waals surface area contributed by atoms with Gasteiger partial charge in [0, 0.05) is 106 Å². The van der Waals surface area contributed by atoms with E-state index in [1.807, 2.05) is 18.2 Å². The number of aromatic nitrogens is 2. The van der Waals surface area contributed by atoms with E-state index in [-0.39, 0.29) is 34.4 Å². The molecule has 17 nitrogen and oxygen atoms in total. The van der Waals surface area contributed by atoms with Crippen LogP contribution in [0.2, 0.25) is 0 Å². The minimum Gasteiger partial charge on any atom is -0.493 e. The van der Waals surface area contributed by atoms with Crippen molar-refractivity contribution < 1.29 is 37.1 Å². The lowest BCUT2D eigenvalue weighted by molar-refractivity contribution is -0.384. The number of sulfonamides is 1. The molecule has 10 rings (SSSR count). The number of hydrogen-bond acceptors (Lipinski definition) is 14. The number of nitrogens with one attached hydrogen (secondary N) is 3. The lowest BCUT2D eigenvalue weighted by Gasteiger charge is -2.63. The second-order valence-electron chi connectivity index (χ2n) is 20.1. The van der Waals surface area contributed by atoms with Gasteiger partial charge >= 0.3 is 0 Å². The fourth-order valence-corrected chi connectivity index (χ4v) is 12.2. The monoisotopic (exact) mass is 998 g/mol. The Morgan fingerprint density at radius 2 is 1.74 bits per heavy atom. The molecule has 3 saturated heterocycles. The molecule has 2 aromatic heterocycles. The van der Waals surface area contributed by atoms with Gasteiger partial charge in [0.1, 0.15) is 22.8 Å². The molecule has 72 heavy (non-hydrogen) atoms. The average molecular weight is 999 g/mol. The highest BCUT2D eigenvalue weighted by atomic mass is 32.2. The van der Waals surface area contributed by atoms with Crippen LogP contribution < -0.4 is 29.1 Å². The zero-order chi connectivity index (χ0) is 50.1. The van der Waals surface area contributed by atoms with E-state index in [0.717, 1.165) is 93.6 Å². The molecule has 1 aliphatic carbocycles. The molecule has 1 amide bonds. The van der Waals surface area contributed by atoms with E-state index in [9.17, 15) is 23.3 Å². The Balaban J connectivity index is 0.847. The smallest absolute Gasteiger partial charge is 0.293 e. The third-order valence-electron chi connectivity index (χ3n) is 15.0. The minimum absolute atomic E-state index is 0.0299. The number of pyridine rings is 1. The number of hydrogen-bond donors (Lipinski definition) is 3. The highest BCUT2D eigenvalue weighted by Crippen LogP contribution is 2.54. The van der Waals surface area contributed by atoms with Gasteiger partial charge in [0.15, 0.2) is 11.5 Å². The van der Waals surface area contributed by atoms with Gasteiger partial charge < -0.3 is 34.1 Å². The molecule has 1 saturated carbocycles. The first-order chi connectivity index (χ1) is 34.8. The summed E-state index contributed by atoms with van der Waals surface area (Å²) in [7, 11) is -1.24. The Hall–Kier alpha value is -6.73. The van der Waals surface area contributed by atoms with Crippen molar-refractivity contribution in [3.8, 4) is 23.0 Å². The number of piperazine rings is 1. The predicted octanol–water partition coefficient (Wildman–Crippen LogP) is 8.89. The quantitative estimate of drug-likeness (QED) is 0.0579. The summed E-state index contributed by atoms with van der Waals surface area (Å²) in [6.07, 6.45) is 7.07. The van der Waals surface area contributed by atoms with Gasteiger partial charge in [0.2, 0.25) is 0 Å². The lowest BCUT2D eigenvalue weighted by atomic mass is 9.59. The van der Waals surface area contributed by atoms with Crippen LogP contribution in [0, 0.1) is 21.4 Å². The van der Waals surface area contributed by atoms with Gasteiger partial charge in [-0.2, -0.15) is 0 Å². The first kappa shape index (κ1) is 48.9. The van der Waals surface area contributed by atoms with Gasteiger partial charge in [0.25, 0.3) is 21.6 Å². The van der Waals surface area contributed by atoms with Crippen molar-refractivity contribution in [3.63, 3.8) is 0 Å². The number of benzene rings is 4. The summed E-state index contributed by atoms with van der Waals surface area (Å²) >= 11 is 0. The zero-order valence-electron chi connectivity index (χ0n) is 41.1. The van der Waals surface area contributed by atoms with Crippen molar-refractivity contribution in [1.82, 2.24) is 24.5 Å². The van der Waals surface area contributed by atoms with Crippen LogP contribution in [-0.4, -0.2) is 112 Å². The van der Waals surface area contributed by atoms with Crippen LogP contribution in [0.25, 0.3) is 11.0 Å². The van der Waals surface area contributed by atoms with Crippen LogP contribution in [-0.2, 0) is 21.3 Å². The Labute approximate surface area is 420 Å². The molecule has 0 radical (unpaired) electrons. The van der Waals surface area contributed by atoms with Crippen molar-refractivity contribution in [2.75, 3.05) is 76.9 Å². The molecular weight excluding hydrogens is 937 g/mol. The predicted molar refractivity (Wildman–Crippen MR) is 275 cm³/mol. The molecule has 4 aliphatic rings. The highest BCUT2D eigenvalue weighted by molar-refractivity contribution is 7.90. The van der Waals surface area contributed by atoms with E-state index in [2.05, 4.69) is 85.0 Å². The Morgan fingerprint density at radius 3 is 2.50 bits per heavy atom. The maximum absolute atomic E-state index is 14.1. The van der Waals surface area contributed by atoms with Gasteiger partial charge in [-0.15, -0.1) is 0 Å². The van der Waals surface area contributed by atoms with Crippen molar-refractivity contribution in [3.05, 3.63) is 136 Å². The molecule has 378 valence electrons. The molecule has 0 bridgehead atoms. The Morgan fingerprint density at radius 1 is 0.944 bits per heavy atom. The van der Waals surface area contributed by atoms with Crippen molar-refractivity contribution >= 4 is 44.0 Å². The zero-order valence-corrected chi connectivity index (χ0v) is 42.0. The number of nitro groups is 1. The molecular formula is C54H62N8O9S. The number of amides is 1. The van der Waals surface area contributed by atoms with E-state index < -0.39 is 31.4 Å². The number of nitro benzene ring substituents is 1. The molecule has 6 aromatic rings. The van der Waals surface area contributed by atoms with Crippen LogP contribution in [0.4, 0.5) is 17.1 Å². The largest absolute Gasteiger partial charge is 0.493 e. The number of aromatic amines is 1. The van der Waals surface area contributed by atoms with Crippen LogP contribution in [0.3, 0.4) is 0 Å². The van der Waals surface area contributed by atoms with Crippen LogP contribution in [0.15, 0.2) is 108 Å². The fourth-order valence-electron chi connectivity index (χ4n) is 11.2. The van der Waals surface area contributed by atoms with Crippen molar-refractivity contribution in [2.24, 2.45) is 11.3 Å². The second kappa shape index (κ2) is 20.4. The van der Waals surface area contributed by atoms with Gasteiger partial charge in [-0.25, -0.2) is 18.1 Å². The number of nitrogens with zero attached hydrogens (tertiary/aromatic N) is 5. The minimum atomic E-state index is -4.57. The number of ether oxygens (including phenoxy) is 4. The normalized spacial score (nSPS) is 18.7. The summed E-state index contributed by atoms with van der Waals surface area (Å²) in [6, 6.07) is 28.1. The molecule has 18 heteroatoms. The van der Waals surface area contributed by atoms with Crippen molar-refractivity contribution in [1.29, 1.82) is 0 Å². The molecule has 1 spiro atoms. The molecule has 1 atom stereocenters. The van der Waals surface area contributed by atoms with E-state index in [1.165, 1.54) is 35.0 Å². The standard InChI is InChI=1S/C54H62N8O9S/c1-35(2)43-7-5-6-8-44(43)48-32-59(31-37-9-14-49(68-3)51(23-37)69-4)19-20-61(48)40-27-54(28-40)33-60(34-54)39-10-12-45(50(25-39)71-41-24-38-15-18-55-52(38)57-30-41)53(63)58-72(66,67)42-11-13-46(47(26-42)62(64)65)56-29-36-16-21-70-22-17-36/h5-15,18,23-26,30,35-36,40,48,56H,16-17,19-22,27-29,31-34H2,1-4H3,(H,55,57)(H,58,63)/t48-/m0/s1. The van der Waals surface area contributed by atoms with Gasteiger partial charge in [-0.05, 0) is 103 Å². The maximum atomic E-state index is 14.1. The third kappa shape index (κ3) is 10.2. The van der Waals surface area contributed by atoms with Crippen LogP contribution in [0.1, 0.15) is 78.5 Å². The summed E-state index contributed by atoms with van der Waals surface area (Å²) in [5.41, 5.74) is 5.34. The number of anilines is 2. The average Bonchev–Trinajstić information content (AvgIpc) is 3.83. The Bertz CT molecular complexity index is 3070. The molecule has 5 heterocycles. The maximum Gasteiger partial charge on any atom is 0.293 e. The first-order valence-electron chi connectivity index (χ1n) is 24.7. The van der Waals surface area contributed by atoms with Crippen molar-refractivity contribution in [2.45, 2.75) is 69.0 Å². The molecule has 3 aliphatic heterocycles. The highest BCUT2D eigenvalue weighted by Gasteiger charge is 2.55. The molecule has 0 unspecified atom stereocenters. The van der Waals surface area contributed by atoms with Gasteiger partial charge in [-0.1, -0.05) is 44.2 Å². The summed E-state index contributed by atoms with van der Waals surface area (Å²) < 4.78 is 52.7. The van der Waals surface area contributed by atoms with Crippen LogP contribution in [0.5, 0.6) is 23.0 Å².